The molecule has 1 aliphatic rings. The van der Waals surface area contributed by atoms with E-state index in [-0.39, 0.29) is 17.3 Å². The van der Waals surface area contributed by atoms with Crippen LogP contribution in [-0.2, 0) is 21.4 Å². The number of nitrogens with one attached hydrogen (secondary N) is 1. The van der Waals surface area contributed by atoms with E-state index in [0.29, 0.717) is 29.5 Å². The third-order valence-corrected chi connectivity index (χ3v) is 7.39. The first-order chi connectivity index (χ1) is 13.3. The molecule has 0 bridgehead atoms. The van der Waals surface area contributed by atoms with Crippen LogP contribution in [0.4, 0.5) is 5.69 Å². The van der Waals surface area contributed by atoms with Crippen molar-refractivity contribution >= 4 is 33.2 Å². The lowest BCUT2D eigenvalue weighted by Gasteiger charge is -2.20. The highest BCUT2D eigenvalue weighted by Crippen LogP contribution is 2.22. The van der Waals surface area contributed by atoms with Crippen molar-refractivity contribution in [2.75, 3.05) is 18.4 Å². The van der Waals surface area contributed by atoms with Gasteiger partial charge in [-0.3, -0.25) is 9.48 Å². The quantitative estimate of drug-likeness (QED) is 0.797. The molecule has 3 rings (SSSR count). The molecule has 0 unspecified atom stereocenters. The number of carbonyl (C=O) groups excluding carboxylic acids is 1. The minimum atomic E-state index is -3.49. The summed E-state index contributed by atoms with van der Waals surface area (Å²) in [4.78, 5) is 12.5. The average Bonchev–Trinajstić information content (AvgIpc) is 2.89. The molecular formula is C19H25ClN4O3S. The van der Waals surface area contributed by atoms with Crippen molar-refractivity contribution in [3.63, 3.8) is 0 Å². The second-order valence-electron chi connectivity index (χ2n) is 7.03. The first kappa shape index (κ1) is 20.8. The van der Waals surface area contributed by atoms with Gasteiger partial charge in [0.05, 0.1) is 21.3 Å². The zero-order valence-corrected chi connectivity index (χ0v) is 17.7. The van der Waals surface area contributed by atoms with Gasteiger partial charge in [0, 0.05) is 18.8 Å². The van der Waals surface area contributed by atoms with Crippen LogP contribution >= 0.6 is 11.6 Å². The number of carbonyl (C=O) groups is 1. The standard InChI is InChI=1S/C19H25ClN4O3S/c1-14-19(20)15(2)24(22-14)13-18(25)21-16-7-9-17(10-8-16)28(26,27)23-11-5-3-4-6-12-23/h7-10H,3-6,11-13H2,1-2H3,(H,21,25). The maximum absolute atomic E-state index is 12.8. The predicted molar refractivity (Wildman–Crippen MR) is 109 cm³/mol. The Morgan fingerprint density at radius 1 is 1.11 bits per heavy atom. The first-order valence-electron chi connectivity index (χ1n) is 9.38. The van der Waals surface area contributed by atoms with Gasteiger partial charge in [-0.1, -0.05) is 24.4 Å². The van der Waals surface area contributed by atoms with Gasteiger partial charge in [0.25, 0.3) is 0 Å². The zero-order valence-electron chi connectivity index (χ0n) is 16.1. The molecule has 0 spiro atoms. The molecule has 1 saturated heterocycles. The smallest absolute Gasteiger partial charge is 0.246 e. The van der Waals surface area contributed by atoms with Crippen LogP contribution in [0.2, 0.25) is 5.02 Å². The van der Waals surface area contributed by atoms with E-state index in [1.165, 1.54) is 12.1 Å². The molecule has 152 valence electrons. The van der Waals surface area contributed by atoms with Crippen molar-refractivity contribution in [1.29, 1.82) is 0 Å². The minimum Gasteiger partial charge on any atom is -0.324 e. The molecule has 1 aliphatic heterocycles. The van der Waals surface area contributed by atoms with Gasteiger partial charge in [-0.25, -0.2) is 8.42 Å². The number of benzene rings is 1. The fourth-order valence-corrected chi connectivity index (χ4v) is 4.96. The summed E-state index contributed by atoms with van der Waals surface area (Å²) in [7, 11) is -3.49. The third kappa shape index (κ3) is 4.56. The van der Waals surface area contributed by atoms with Gasteiger partial charge < -0.3 is 5.32 Å². The molecular weight excluding hydrogens is 400 g/mol. The van der Waals surface area contributed by atoms with Crippen molar-refractivity contribution in [2.45, 2.75) is 51.0 Å². The topological polar surface area (TPSA) is 84.3 Å². The molecule has 7 nitrogen and oxygen atoms in total. The number of aromatic nitrogens is 2. The molecule has 2 aromatic rings. The number of nitrogens with zero attached hydrogens (tertiary/aromatic N) is 3. The minimum absolute atomic E-state index is 0.0349. The number of rotatable bonds is 5. The normalized spacial score (nSPS) is 16.0. The molecule has 1 fully saturated rings. The average molecular weight is 425 g/mol. The Balaban J connectivity index is 1.66. The Bertz CT molecular complexity index is 946. The number of aryl methyl sites for hydroxylation is 1. The second kappa shape index (κ2) is 8.63. The molecule has 1 amide bonds. The SMILES string of the molecule is Cc1nn(CC(=O)Nc2ccc(S(=O)(=O)N3CCCCCC3)cc2)c(C)c1Cl. The van der Waals surface area contributed by atoms with Crippen molar-refractivity contribution < 1.29 is 13.2 Å². The van der Waals surface area contributed by atoms with Crippen LogP contribution in [0.3, 0.4) is 0 Å². The molecule has 0 radical (unpaired) electrons. The highest BCUT2D eigenvalue weighted by Gasteiger charge is 2.25. The number of sulfonamides is 1. The van der Waals surface area contributed by atoms with Gasteiger partial charge in [-0.15, -0.1) is 0 Å². The largest absolute Gasteiger partial charge is 0.324 e. The summed E-state index contributed by atoms with van der Waals surface area (Å²) in [6.07, 6.45) is 3.92. The van der Waals surface area contributed by atoms with Crippen LogP contribution < -0.4 is 5.32 Å². The van der Waals surface area contributed by atoms with Crippen molar-refractivity contribution in [1.82, 2.24) is 14.1 Å². The van der Waals surface area contributed by atoms with Crippen LogP contribution in [-0.4, -0.2) is 41.5 Å². The maximum Gasteiger partial charge on any atom is 0.246 e. The number of amides is 1. The number of hydrogen-bond acceptors (Lipinski definition) is 4. The van der Waals surface area contributed by atoms with E-state index >= 15 is 0 Å². The van der Waals surface area contributed by atoms with Gasteiger partial charge in [-0.05, 0) is 51.0 Å². The first-order valence-corrected chi connectivity index (χ1v) is 11.2. The summed E-state index contributed by atoms with van der Waals surface area (Å²) < 4.78 is 28.7. The summed E-state index contributed by atoms with van der Waals surface area (Å²) in [6, 6.07) is 6.29. The summed E-state index contributed by atoms with van der Waals surface area (Å²) in [5.74, 6) is -0.259. The van der Waals surface area contributed by atoms with E-state index in [2.05, 4.69) is 10.4 Å². The zero-order chi connectivity index (χ0) is 20.3. The lowest BCUT2D eigenvalue weighted by Crippen LogP contribution is -2.31. The van der Waals surface area contributed by atoms with Crippen LogP contribution in [0.15, 0.2) is 29.2 Å². The Hall–Kier alpha value is -1.90. The Morgan fingerprint density at radius 2 is 1.71 bits per heavy atom. The molecule has 0 aliphatic carbocycles. The van der Waals surface area contributed by atoms with E-state index < -0.39 is 10.0 Å². The number of anilines is 1. The summed E-state index contributed by atoms with van der Waals surface area (Å²) in [5.41, 5.74) is 1.94. The predicted octanol–water partition coefficient (Wildman–Crippen LogP) is 3.36. The Kier molecular flexibility index (Phi) is 6.42. The van der Waals surface area contributed by atoms with E-state index in [4.69, 9.17) is 11.6 Å². The maximum atomic E-state index is 12.8. The van der Waals surface area contributed by atoms with Gasteiger partial charge in [0.1, 0.15) is 6.54 Å². The van der Waals surface area contributed by atoms with Gasteiger partial charge >= 0.3 is 0 Å². The van der Waals surface area contributed by atoms with Gasteiger partial charge in [0.2, 0.25) is 15.9 Å². The molecule has 2 heterocycles. The van der Waals surface area contributed by atoms with E-state index in [9.17, 15) is 13.2 Å². The lowest BCUT2D eigenvalue weighted by molar-refractivity contribution is -0.116. The second-order valence-corrected chi connectivity index (χ2v) is 9.35. The fraction of sp³-hybridized carbons (Fsp3) is 0.474. The molecule has 0 atom stereocenters. The fourth-order valence-electron chi connectivity index (χ4n) is 3.31. The van der Waals surface area contributed by atoms with Crippen LogP contribution in [0.1, 0.15) is 37.1 Å². The van der Waals surface area contributed by atoms with Crippen molar-refractivity contribution in [2.24, 2.45) is 0 Å². The van der Waals surface area contributed by atoms with Gasteiger partial charge in [-0.2, -0.15) is 9.40 Å². The third-order valence-electron chi connectivity index (χ3n) is 4.93. The molecule has 1 N–H and O–H groups in total. The van der Waals surface area contributed by atoms with E-state index in [0.717, 1.165) is 31.4 Å². The Labute approximate surface area is 170 Å². The molecule has 1 aromatic carbocycles. The van der Waals surface area contributed by atoms with Crippen LogP contribution in [0.25, 0.3) is 0 Å². The summed E-state index contributed by atoms with van der Waals surface area (Å²) in [5, 5.41) is 7.55. The highest BCUT2D eigenvalue weighted by atomic mass is 35.5. The molecule has 1 aromatic heterocycles. The number of halogens is 1. The molecule has 28 heavy (non-hydrogen) atoms. The Morgan fingerprint density at radius 3 is 2.25 bits per heavy atom. The summed E-state index contributed by atoms with van der Waals surface area (Å²) in [6.45, 7) is 4.75. The van der Waals surface area contributed by atoms with Crippen LogP contribution in [0, 0.1) is 13.8 Å². The number of hydrogen-bond donors (Lipinski definition) is 1. The van der Waals surface area contributed by atoms with E-state index in [1.54, 1.807) is 35.0 Å². The van der Waals surface area contributed by atoms with E-state index in [1.807, 2.05) is 0 Å². The molecule has 0 saturated carbocycles. The van der Waals surface area contributed by atoms with Crippen LogP contribution in [0.5, 0.6) is 0 Å². The summed E-state index contributed by atoms with van der Waals surface area (Å²) >= 11 is 6.10. The monoisotopic (exact) mass is 424 g/mol. The van der Waals surface area contributed by atoms with Gasteiger partial charge in [0.15, 0.2) is 0 Å². The highest BCUT2D eigenvalue weighted by molar-refractivity contribution is 7.89. The van der Waals surface area contributed by atoms with Crippen molar-refractivity contribution in [3.8, 4) is 0 Å². The molecule has 9 heteroatoms. The van der Waals surface area contributed by atoms with Crippen molar-refractivity contribution in [3.05, 3.63) is 40.7 Å². The lowest BCUT2D eigenvalue weighted by atomic mass is 10.2.